The van der Waals surface area contributed by atoms with Crippen LogP contribution in [0.25, 0.3) is 0 Å². The molecule has 6 nitrogen and oxygen atoms in total. The maximum absolute atomic E-state index is 4.27. The Labute approximate surface area is 148 Å². The Morgan fingerprint density at radius 3 is 2.36 bits per heavy atom. The molecule has 0 aliphatic rings. The fourth-order valence-corrected chi connectivity index (χ4v) is 2.65. The van der Waals surface area contributed by atoms with Crippen LogP contribution in [0.3, 0.4) is 0 Å². The monoisotopic (exact) mass is 335 g/mol. The summed E-state index contributed by atoms with van der Waals surface area (Å²) in [5, 5.41) is 12.7. The zero-order chi connectivity index (χ0) is 17.6. The highest BCUT2D eigenvalue weighted by atomic mass is 15.4. The minimum absolute atomic E-state index is 0.575. The van der Waals surface area contributed by atoms with Crippen LogP contribution in [-0.2, 0) is 20.6 Å². The van der Waals surface area contributed by atoms with Gasteiger partial charge in [-0.05, 0) is 36.8 Å². The molecule has 0 spiro atoms. The van der Waals surface area contributed by atoms with E-state index < -0.39 is 0 Å². The molecule has 25 heavy (non-hydrogen) atoms. The molecule has 0 N–H and O–H groups in total. The standard InChI is InChI=1S/C19H23N6/c1-4-25(14-16-8-6-5-7-9-16)18-12-10-17(11-13-18)20-21-19-22-24(3)15-23(19)2/h5-13,15H,4,14H2,1-3H3/q+1. The van der Waals surface area contributed by atoms with Crippen molar-refractivity contribution in [2.45, 2.75) is 13.5 Å². The first-order valence-corrected chi connectivity index (χ1v) is 8.35. The van der Waals surface area contributed by atoms with Gasteiger partial charge in [0.25, 0.3) is 0 Å². The van der Waals surface area contributed by atoms with Crippen LogP contribution in [0.1, 0.15) is 12.5 Å². The molecule has 2 aromatic carbocycles. The van der Waals surface area contributed by atoms with Gasteiger partial charge in [-0.1, -0.05) is 35.4 Å². The van der Waals surface area contributed by atoms with Gasteiger partial charge in [-0.15, -0.1) is 4.68 Å². The molecule has 0 bridgehead atoms. The summed E-state index contributed by atoms with van der Waals surface area (Å²) in [5.41, 5.74) is 3.29. The van der Waals surface area contributed by atoms with Gasteiger partial charge >= 0.3 is 5.95 Å². The minimum Gasteiger partial charge on any atom is -0.367 e. The van der Waals surface area contributed by atoms with Crippen LogP contribution in [-0.4, -0.2) is 16.3 Å². The summed E-state index contributed by atoms with van der Waals surface area (Å²) in [5.74, 6) is 0.575. The Morgan fingerprint density at radius 1 is 1.04 bits per heavy atom. The fraction of sp³-hybridized carbons (Fsp3) is 0.263. The predicted molar refractivity (Wildman–Crippen MR) is 98.2 cm³/mol. The van der Waals surface area contributed by atoms with Gasteiger partial charge in [-0.2, -0.15) is 0 Å². The summed E-state index contributed by atoms with van der Waals surface area (Å²) in [6, 6.07) is 18.6. The number of hydrogen-bond acceptors (Lipinski definition) is 4. The molecule has 3 rings (SSSR count). The molecule has 128 valence electrons. The Balaban J connectivity index is 1.71. The van der Waals surface area contributed by atoms with Crippen molar-refractivity contribution >= 4 is 17.3 Å². The van der Waals surface area contributed by atoms with Crippen LogP contribution in [0.5, 0.6) is 0 Å². The number of anilines is 1. The topological polar surface area (TPSA) is 49.7 Å². The lowest BCUT2D eigenvalue weighted by Crippen LogP contribution is -2.24. The normalized spacial score (nSPS) is 11.2. The average molecular weight is 335 g/mol. The number of hydrogen-bond donors (Lipinski definition) is 0. The molecular weight excluding hydrogens is 312 g/mol. The maximum atomic E-state index is 4.27. The summed E-state index contributed by atoms with van der Waals surface area (Å²) in [7, 11) is 3.76. The van der Waals surface area contributed by atoms with Crippen LogP contribution in [0, 0.1) is 0 Å². The Morgan fingerprint density at radius 2 is 1.76 bits per heavy atom. The molecule has 0 unspecified atom stereocenters. The highest BCUT2D eigenvalue weighted by Crippen LogP contribution is 2.22. The van der Waals surface area contributed by atoms with Gasteiger partial charge in [-0.3, -0.25) is 0 Å². The summed E-state index contributed by atoms with van der Waals surface area (Å²) in [6.45, 7) is 4.00. The zero-order valence-corrected chi connectivity index (χ0v) is 14.9. The predicted octanol–water partition coefficient (Wildman–Crippen LogP) is 3.69. The van der Waals surface area contributed by atoms with E-state index in [4.69, 9.17) is 0 Å². The molecule has 0 aliphatic heterocycles. The third-order valence-corrected chi connectivity index (χ3v) is 3.97. The van der Waals surface area contributed by atoms with Crippen LogP contribution in [0.2, 0.25) is 0 Å². The van der Waals surface area contributed by atoms with E-state index in [0.29, 0.717) is 5.95 Å². The van der Waals surface area contributed by atoms with Crippen molar-refractivity contribution < 1.29 is 4.57 Å². The number of azo groups is 1. The third kappa shape index (κ3) is 4.29. The van der Waals surface area contributed by atoms with Gasteiger partial charge < -0.3 is 4.90 Å². The number of benzene rings is 2. The molecule has 6 heteroatoms. The first kappa shape index (κ1) is 16.8. The molecule has 0 atom stereocenters. The van der Waals surface area contributed by atoms with Crippen molar-refractivity contribution in [3.05, 3.63) is 66.5 Å². The first-order chi connectivity index (χ1) is 12.2. The van der Waals surface area contributed by atoms with E-state index >= 15 is 0 Å². The SMILES string of the molecule is CCN(Cc1ccccc1)c1ccc(N=Nc2nn(C)c[n+]2C)cc1. The van der Waals surface area contributed by atoms with E-state index in [1.807, 2.05) is 43.2 Å². The number of rotatable bonds is 6. The molecule has 0 amide bonds. The van der Waals surface area contributed by atoms with Crippen molar-refractivity contribution in [2.24, 2.45) is 24.3 Å². The van der Waals surface area contributed by atoms with Crippen LogP contribution >= 0.6 is 0 Å². The van der Waals surface area contributed by atoms with E-state index in [0.717, 1.165) is 18.8 Å². The van der Waals surface area contributed by atoms with E-state index in [-0.39, 0.29) is 0 Å². The van der Waals surface area contributed by atoms with Crippen LogP contribution in [0.4, 0.5) is 17.3 Å². The quantitative estimate of drug-likeness (QED) is 0.509. The lowest BCUT2D eigenvalue weighted by Gasteiger charge is -2.23. The molecular formula is C19H23N6+. The van der Waals surface area contributed by atoms with Gasteiger partial charge in [0.05, 0.1) is 19.8 Å². The largest absolute Gasteiger partial charge is 0.435 e. The number of aromatic nitrogens is 3. The highest BCUT2D eigenvalue weighted by Gasteiger charge is 2.10. The molecule has 0 radical (unpaired) electrons. The van der Waals surface area contributed by atoms with Crippen molar-refractivity contribution in [1.82, 2.24) is 9.78 Å². The second kappa shape index (κ2) is 7.70. The summed E-state index contributed by atoms with van der Waals surface area (Å²) in [4.78, 5) is 2.33. The van der Waals surface area contributed by atoms with E-state index in [9.17, 15) is 0 Å². The third-order valence-electron chi connectivity index (χ3n) is 3.97. The molecule has 0 saturated carbocycles. The van der Waals surface area contributed by atoms with Crippen LogP contribution < -0.4 is 9.47 Å². The highest BCUT2D eigenvalue weighted by molar-refractivity contribution is 5.53. The summed E-state index contributed by atoms with van der Waals surface area (Å²) < 4.78 is 3.54. The van der Waals surface area contributed by atoms with Crippen molar-refractivity contribution in [3.63, 3.8) is 0 Å². The average Bonchev–Trinajstić information content (AvgIpc) is 2.96. The summed E-state index contributed by atoms with van der Waals surface area (Å²) in [6.07, 6.45) is 1.85. The lowest BCUT2D eigenvalue weighted by atomic mass is 10.2. The van der Waals surface area contributed by atoms with E-state index in [1.54, 1.807) is 4.68 Å². The molecule has 0 aliphatic carbocycles. The lowest BCUT2D eigenvalue weighted by molar-refractivity contribution is -0.659. The second-order valence-corrected chi connectivity index (χ2v) is 5.92. The first-order valence-electron chi connectivity index (χ1n) is 8.35. The molecule has 3 aromatic rings. The fourth-order valence-electron chi connectivity index (χ4n) is 2.65. The van der Waals surface area contributed by atoms with Gasteiger partial charge in [0.1, 0.15) is 0 Å². The van der Waals surface area contributed by atoms with E-state index in [1.165, 1.54) is 11.3 Å². The van der Waals surface area contributed by atoms with Crippen molar-refractivity contribution in [1.29, 1.82) is 0 Å². The van der Waals surface area contributed by atoms with Gasteiger partial charge in [0.2, 0.25) is 0 Å². The maximum Gasteiger partial charge on any atom is 0.435 e. The van der Waals surface area contributed by atoms with Crippen molar-refractivity contribution in [2.75, 3.05) is 11.4 Å². The van der Waals surface area contributed by atoms with E-state index in [2.05, 4.69) is 63.5 Å². The molecule has 0 saturated heterocycles. The van der Waals surface area contributed by atoms with Gasteiger partial charge in [-0.25, -0.2) is 4.57 Å². The van der Waals surface area contributed by atoms with Crippen LogP contribution in [0.15, 0.2) is 71.2 Å². The summed E-state index contributed by atoms with van der Waals surface area (Å²) >= 11 is 0. The zero-order valence-electron chi connectivity index (χ0n) is 14.9. The molecule has 1 aromatic heterocycles. The Kier molecular flexibility index (Phi) is 5.18. The minimum atomic E-state index is 0.575. The Bertz CT molecular complexity index is 836. The van der Waals surface area contributed by atoms with Gasteiger partial charge in [0.15, 0.2) is 6.33 Å². The Hall–Kier alpha value is -3.02. The second-order valence-electron chi connectivity index (χ2n) is 5.92. The molecule has 1 heterocycles. The number of aryl methyl sites for hydroxylation is 2. The van der Waals surface area contributed by atoms with Crippen molar-refractivity contribution in [3.8, 4) is 0 Å². The molecule has 0 fully saturated rings. The smallest absolute Gasteiger partial charge is 0.367 e. The van der Waals surface area contributed by atoms with Gasteiger partial charge in [0, 0.05) is 29.0 Å². The number of nitrogens with zero attached hydrogens (tertiary/aromatic N) is 6.